The summed E-state index contributed by atoms with van der Waals surface area (Å²) in [5, 5.41) is 9.03. The van der Waals surface area contributed by atoms with Crippen molar-refractivity contribution in [3.63, 3.8) is 0 Å². The number of imidazole rings is 1. The summed E-state index contributed by atoms with van der Waals surface area (Å²) in [4.78, 5) is 6.90. The molecule has 1 aliphatic heterocycles. The number of likely N-dealkylation sites (tertiary alicyclic amines) is 1. The van der Waals surface area contributed by atoms with Gasteiger partial charge in [0.2, 0.25) is 0 Å². The number of aromatic nitrogens is 2. The molecule has 0 amide bonds. The Morgan fingerprint density at radius 2 is 2.14 bits per heavy atom. The summed E-state index contributed by atoms with van der Waals surface area (Å²) in [6, 6.07) is 6.73. The largest absolute Gasteiger partial charge is 0.313 e. The second-order valence-corrected chi connectivity index (χ2v) is 5.86. The molecular weight excluding hydrogens is 267 g/mol. The summed E-state index contributed by atoms with van der Waals surface area (Å²) in [5.41, 5.74) is 1.46. The molecule has 110 valence electrons. The first kappa shape index (κ1) is 14.0. The van der Waals surface area contributed by atoms with E-state index in [0.717, 1.165) is 36.9 Å². The van der Waals surface area contributed by atoms with Gasteiger partial charge in [0.1, 0.15) is 18.2 Å². The molecule has 0 atom stereocenters. The van der Waals surface area contributed by atoms with Gasteiger partial charge in [-0.1, -0.05) is 6.92 Å². The summed E-state index contributed by atoms with van der Waals surface area (Å²) >= 11 is 0. The van der Waals surface area contributed by atoms with Gasteiger partial charge in [0.15, 0.2) is 0 Å². The molecule has 1 aromatic heterocycles. The quantitative estimate of drug-likeness (QED) is 0.871. The smallest absolute Gasteiger partial charge is 0.125 e. The Labute approximate surface area is 123 Å². The number of nitrogens with zero attached hydrogens (tertiary/aromatic N) is 4. The Balaban J connectivity index is 1.90. The number of piperidine rings is 1. The van der Waals surface area contributed by atoms with Crippen LogP contribution in [0.15, 0.2) is 18.2 Å². The van der Waals surface area contributed by atoms with Crippen LogP contribution in [0.1, 0.15) is 25.6 Å². The molecule has 0 unspecified atom stereocenters. The zero-order chi connectivity index (χ0) is 14.8. The average Bonchev–Trinajstić information content (AvgIpc) is 2.79. The lowest BCUT2D eigenvalue weighted by Gasteiger charge is -2.29. The topological polar surface area (TPSA) is 44.9 Å². The third-order valence-electron chi connectivity index (χ3n) is 4.26. The monoisotopic (exact) mass is 286 g/mol. The van der Waals surface area contributed by atoms with E-state index in [4.69, 9.17) is 5.26 Å². The molecule has 0 bridgehead atoms. The van der Waals surface area contributed by atoms with Crippen molar-refractivity contribution in [3.8, 4) is 6.07 Å². The Hall–Kier alpha value is -1.93. The highest BCUT2D eigenvalue weighted by molar-refractivity contribution is 5.76. The van der Waals surface area contributed by atoms with Crippen molar-refractivity contribution in [1.29, 1.82) is 5.26 Å². The lowest BCUT2D eigenvalue weighted by Crippen LogP contribution is -2.33. The molecule has 0 N–H and O–H groups in total. The molecule has 0 radical (unpaired) electrons. The molecule has 5 heteroatoms. The van der Waals surface area contributed by atoms with E-state index >= 15 is 0 Å². The fraction of sp³-hybridized carbons (Fsp3) is 0.500. The third-order valence-corrected chi connectivity index (χ3v) is 4.26. The van der Waals surface area contributed by atoms with E-state index in [2.05, 4.69) is 22.9 Å². The van der Waals surface area contributed by atoms with Crippen molar-refractivity contribution in [2.45, 2.75) is 32.9 Å². The van der Waals surface area contributed by atoms with Crippen LogP contribution in [0.25, 0.3) is 11.0 Å². The summed E-state index contributed by atoms with van der Waals surface area (Å²) in [7, 11) is 0. The Kier molecular flexibility index (Phi) is 3.89. The SMILES string of the molecule is CC1CCN(Cc2nc3cc(F)ccc3n2CC#N)CC1. The molecule has 1 saturated heterocycles. The van der Waals surface area contributed by atoms with Crippen LogP contribution in [0.3, 0.4) is 0 Å². The van der Waals surface area contributed by atoms with Crippen LogP contribution in [-0.2, 0) is 13.1 Å². The number of hydrogen-bond acceptors (Lipinski definition) is 3. The number of hydrogen-bond donors (Lipinski definition) is 0. The normalized spacial score (nSPS) is 17.2. The van der Waals surface area contributed by atoms with E-state index in [-0.39, 0.29) is 12.4 Å². The number of rotatable bonds is 3. The van der Waals surface area contributed by atoms with Crippen molar-refractivity contribution >= 4 is 11.0 Å². The molecular formula is C16H19FN4. The fourth-order valence-electron chi connectivity index (χ4n) is 2.94. The number of fused-ring (bicyclic) bond motifs is 1. The zero-order valence-electron chi connectivity index (χ0n) is 12.2. The second-order valence-electron chi connectivity index (χ2n) is 5.86. The molecule has 2 aromatic rings. The summed E-state index contributed by atoms with van der Waals surface area (Å²) < 4.78 is 15.2. The van der Waals surface area contributed by atoms with Gasteiger partial charge in [-0.15, -0.1) is 0 Å². The Bertz CT molecular complexity index is 677. The minimum absolute atomic E-state index is 0.252. The first-order valence-electron chi connectivity index (χ1n) is 7.41. The highest BCUT2D eigenvalue weighted by Crippen LogP contribution is 2.21. The molecule has 0 saturated carbocycles. The molecule has 2 heterocycles. The van der Waals surface area contributed by atoms with Gasteiger partial charge in [-0.05, 0) is 44.0 Å². The molecule has 3 rings (SSSR count). The first-order valence-corrected chi connectivity index (χ1v) is 7.41. The lowest BCUT2D eigenvalue weighted by molar-refractivity contribution is 0.180. The number of nitriles is 1. The maximum absolute atomic E-state index is 13.3. The van der Waals surface area contributed by atoms with Crippen LogP contribution >= 0.6 is 0 Å². The first-order chi connectivity index (χ1) is 10.2. The van der Waals surface area contributed by atoms with Crippen LogP contribution in [0.5, 0.6) is 0 Å². The van der Waals surface area contributed by atoms with Crippen LogP contribution in [0.4, 0.5) is 4.39 Å². The van der Waals surface area contributed by atoms with E-state index in [0.29, 0.717) is 5.52 Å². The Morgan fingerprint density at radius 1 is 1.38 bits per heavy atom. The van der Waals surface area contributed by atoms with E-state index in [1.165, 1.54) is 25.0 Å². The highest BCUT2D eigenvalue weighted by Gasteiger charge is 2.19. The maximum atomic E-state index is 13.3. The maximum Gasteiger partial charge on any atom is 0.125 e. The third kappa shape index (κ3) is 2.91. The molecule has 1 aliphatic rings. The molecule has 0 aliphatic carbocycles. The Morgan fingerprint density at radius 3 is 2.86 bits per heavy atom. The van der Waals surface area contributed by atoms with Gasteiger partial charge in [-0.25, -0.2) is 9.37 Å². The highest BCUT2D eigenvalue weighted by atomic mass is 19.1. The molecule has 1 aromatic carbocycles. The van der Waals surface area contributed by atoms with Crippen LogP contribution in [0, 0.1) is 23.1 Å². The lowest BCUT2D eigenvalue weighted by atomic mass is 9.99. The summed E-state index contributed by atoms with van der Waals surface area (Å²) in [6.45, 7) is 5.38. The van der Waals surface area contributed by atoms with Crippen LogP contribution < -0.4 is 0 Å². The van der Waals surface area contributed by atoms with Crippen LogP contribution in [-0.4, -0.2) is 27.5 Å². The molecule has 21 heavy (non-hydrogen) atoms. The summed E-state index contributed by atoms with van der Waals surface area (Å²) in [5.74, 6) is 1.35. The van der Waals surface area contributed by atoms with Crippen molar-refractivity contribution in [1.82, 2.24) is 14.5 Å². The molecule has 0 spiro atoms. The average molecular weight is 286 g/mol. The summed E-state index contributed by atoms with van der Waals surface area (Å²) in [6.07, 6.45) is 2.40. The van der Waals surface area contributed by atoms with E-state index in [1.807, 2.05) is 4.57 Å². The molecule has 1 fully saturated rings. The van der Waals surface area contributed by atoms with Crippen molar-refractivity contribution in [2.75, 3.05) is 13.1 Å². The van der Waals surface area contributed by atoms with Gasteiger partial charge in [0, 0.05) is 6.07 Å². The van der Waals surface area contributed by atoms with E-state index in [9.17, 15) is 4.39 Å². The van der Waals surface area contributed by atoms with Gasteiger partial charge in [0.05, 0.1) is 23.6 Å². The van der Waals surface area contributed by atoms with Gasteiger partial charge in [-0.3, -0.25) is 4.90 Å². The van der Waals surface area contributed by atoms with Gasteiger partial charge in [-0.2, -0.15) is 5.26 Å². The second kappa shape index (κ2) is 5.82. The predicted molar refractivity (Wildman–Crippen MR) is 79.0 cm³/mol. The van der Waals surface area contributed by atoms with Gasteiger partial charge in [0.25, 0.3) is 0 Å². The minimum atomic E-state index is -0.289. The number of halogens is 1. The van der Waals surface area contributed by atoms with Crippen molar-refractivity contribution in [2.24, 2.45) is 5.92 Å². The fourth-order valence-corrected chi connectivity index (χ4v) is 2.94. The van der Waals surface area contributed by atoms with E-state index < -0.39 is 0 Å². The molecule has 4 nitrogen and oxygen atoms in total. The van der Waals surface area contributed by atoms with Gasteiger partial charge >= 0.3 is 0 Å². The van der Waals surface area contributed by atoms with Crippen LogP contribution in [0.2, 0.25) is 0 Å². The van der Waals surface area contributed by atoms with Gasteiger partial charge < -0.3 is 4.57 Å². The minimum Gasteiger partial charge on any atom is -0.313 e. The zero-order valence-corrected chi connectivity index (χ0v) is 12.2. The predicted octanol–water partition coefficient (Wildman–Crippen LogP) is 2.93. The van der Waals surface area contributed by atoms with Crippen molar-refractivity contribution < 1.29 is 4.39 Å². The number of benzene rings is 1. The van der Waals surface area contributed by atoms with E-state index in [1.54, 1.807) is 6.07 Å². The standard InChI is InChI=1S/C16H19FN4/c1-12-4-7-20(8-5-12)11-16-19-14-10-13(17)2-3-15(14)21(16)9-6-18/h2-3,10,12H,4-5,7-9,11H2,1H3. The van der Waals surface area contributed by atoms with Crippen molar-refractivity contribution in [3.05, 3.63) is 29.8 Å².